The zero-order valence-electron chi connectivity index (χ0n) is 20.0. The van der Waals surface area contributed by atoms with Crippen molar-refractivity contribution in [3.8, 4) is 17.2 Å². The van der Waals surface area contributed by atoms with E-state index in [1.54, 1.807) is 49.6 Å². The van der Waals surface area contributed by atoms with Crippen molar-refractivity contribution in [3.63, 3.8) is 0 Å². The fourth-order valence-corrected chi connectivity index (χ4v) is 3.95. The molecule has 3 rings (SSSR count). The molecule has 0 spiro atoms. The summed E-state index contributed by atoms with van der Waals surface area (Å²) in [5, 5.41) is 11.2. The molecule has 1 N–H and O–H groups in total. The molecular formula is C26H31NO7. The molecule has 8 nitrogen and oxygen atoms in total. The van der Waals surface area contributed by atoms with Gasteiger partial charge in [0.15, 0.2) is 0 Å². The van der Waals surface area contributed by atoms with Gasteiger partial charge in [0.25, 0.3) is 11.7 Å². The summed E-state index contributed by atoms with van der Waals surface area (Å²) in [5.41, 5.74) is 0.949. The third-order valence-electron chi connectivity index (χ3n) is 5.62. The molecule has 2 aromatic carbocycles. The molecule has 34 heavy (non-hydrogen) atoms. The Hall–Kier alpha value is -3.52. The molecule has 1 fully saturated rings. The lowest BCUT2D eigenvalue weighted by molar-refractivity contribution is -0.140. The Bertz CT molecular complexity index is 1050. The second-order valence-electron chi connectivity index (χ2n) is 7.82. The number of Topliss-reactive ketones (excluding diaryl/α,β-unsaturated/α-hetero) is 1. The molecule has 1 heterocycles. The van der Waals surface area contributed by atoms with E-state index >= 15 is 0 Å². The Morgan fingerprint density at radius 1 is 0.971 bits per heavy atom. The van der Waals surface area contributed by atoms with E-state index in [4.69, 9.17) is 18.9 Å². The van der Waals surface area contributed by atoms with Gasteiger partial charge in [-0.3, -0.25) is 9.59 Å². The van der Waals surface area contributed by atoms with Crippen molar-refractivity contribution >= 4 is 17.4 Å². The van der Waals surface area contributed by atoms with Gasteiger partial charge in [-0.15, -0.1) is 0 Å². The minimum Gasteiger partial charge on any atom is -0.507 e. The van der Waals surface area contributed by atoms with Gasteiger partial charge in [0.05, 0.1) is 32.4 Å². The van der Waals surface area contributed by atoms with E-state index in [0.29, 0.717) is 48.0 Å². The van der Waals surface area contributed by atoms with Gasteiger partial charge >= 0.3 is 0 Å². The monoisotopic (exact) mass is 469 g/mol. The summed E-state index contributed by atoms with van der Waals surface area (Å²) >= 11 is 0. The molecule has 2 aromatic rings. The van der Waals surface area contributed by atoms with Crippen LogP contribution in [0.2, 0.25) is 0 Å². The lowest BCUT2D eigenvalue weighted by Gasteiger charge is -2.27. The number of hydrogen-bond acceptors (Lipinski definition) is 7. The second kappa shape index (κ2) is 11.6. The molecule has 0 saturated carbocycles. The third kappa shape index (κ3) is 5.17. The predicted molar refractivity (Wildman–Crippen MR) is 127 cm³/mol. The zero-order chi connectivity index (χ0) is 24.7. The molecule has 1 amide bonds. The van der Waals surface area contributed by atoms with Crippen LogP contribution in [0.3, 0.4) is 0 Å². The summed E-state index contributed by atoms with van der Waals surface area (Å²) in [4.78, 5) is 27.7. The van der Waals surface area contributed by atoms with E-state index < -0.39 is 17.7 Å². The Labute approximate surface area is 199 Å². The van der Waals surface area contributed by atoms with E-state index in [1.165, 1.54) is 19.1 Å². The Kier molecular flexibility index (Phi) is 8.54. The highest BCUT2D eigenvalue weighted by Gasteiger charge is 2.47. The number of benzene rings is 2. The van der Waals surface area contributed by atoms with Crippen LogP contribution in [0, 0.1) is 0 Å². The van der Waals surface area contributed by atoms with Crippen LogP contribution in [0.25, 0.3) is 5.76 Å². The Morgan fingerprint density at radius 2 is 1.68 bits per heavy atom. The minimum atomic E-state index is -0.849. The second-order valence-corrected chi connectivity index (χ2v) is 7.82. The number of ether oxygens (including phenoxy) is 4. The molecule has 1 aliphatic heterocycles. The topological polar surface area (TPSA) is 94.5 Å². The lowest BCUT2D eigenvalue weighted by atomic mass is 9.94. The van der Waals surface area contributed by atoms with Gasteiger partial charge in [-0.1, -0.05) is 6.92 Å². The van der Waals surface area contributed by atoms with E-state index in [2.05, 4.69) is 0 Å². The number of hydrogen-bond donors (Lipinski definition) is 1. The van der Waals surface area contributed by atoms with Crippen LogP contribution in [0.15, 0.2) is 48.0 Å². The summed E-state index contributed by atoms with van der Waals surface area (Å²) < 4.78 is 21.6. The molecule has 1 atom stereocenters. The molecule has 0 aliphatic carbocycles. The maximum absolute atomic E-state index is 13.2. The first-order chi connectivity index (χ1) is 16.5. The number of aliphatic hydroxyl groups excluding tert-OH is 1. The molecule has 1 aliphatic rings. The van der Waals surface area contributed by atoms with Crippen LogP contribution in [0.4, 0.5) is 0 Å². The van der Waals surface area contributed by atoms with Crippen LogP contribution < -0.4 is 14.2 Å². The summed E-state index contributed by atoms with van der Waals surface area (Å²) in [6.07, 6.45) is 1.40. The fraction of sp³-hybridized carbons (Fsp3) is 0.385. The van der Waals surface area contributed by atoms with Crippen LogP contribution in [0.1, 0.15) is 36.9 Å². The SMILES string of the molecule is CCCOc1ccc(/C(O)=C2\C(=O)C(=O)N(CCCOC)C2c2cc(OC)ccc2OC)cc1. The Morgan fingerprint density at radius 3 is 2.29 bits per heavy atom. The van der Waals surface area contributed by atoms with Crippen molar-refractivity contribution in [1.82, 2.24) is 4.90 Å². The highest BCUT2D eigenvalue weighted by molar-refractivity contribution is 6.46. The predicted octanol–water partition coefficient (Wildman–Crippen LogP) is 3.95. The molecular weight excluding hydrogens is 438 g/mol. The van der Waals surface area contributed by atoms with Crippen LogP contribution in [-0.4, -0.2) is 62.8 Å². The van der Waals surface area contributed by atoms with Crippen molar-refractivity contribution in [2.75, 3.05) is 41.1 Å². The quantitative estimate of drug-likeness (QED) is 0.230. The molecule has 182 valence electrons. The van der Waals surface area contributed by atoms with E-state index in [0.717, 1.165) is 6.42 Å². The summed E-state index contributed by atoms with van der Waals surface area (Å²) in [7, 11) is 4.62. The number of carbonyl (C=O) groups excluding carboxylic acids is 2. The normalized spacial score (nSPS) is 17.2. The van der Waals surface area contributed by atoms with Gasteiger partial charge in [-0.05, 0) is 55.3 Å². The zero-order valence-corrected chi connectivity index (χ0v) is 20.0. The maximum Gasteiger partial charge on any atom is 0.295 e. The van der Waals surface area contributed by atoms with Crippen LogP contribution in [-0.2, 0) is 14.3 Å². The smallest absolute Gasteiger partial charge is 0.295 e. The first-order valence-corrected chi connectivity index (χ1v) is 11.2. The number of aliphatic hydroxyl groups is 1. The third-order valence-corrected chi connectivity index (χ3v) is 5.62. The average Bonchev–Trinajstić information content (AvgIpc) is 3.12. The standard InChI is InChI=1S/C26H31NO7/c1-5-14-34-18-9-7-17(8-10-18)24(28)22-23(20-16-19(32-3)11-12-21(20)33-4)27(13-6-15-31-2)26(30)25(22)29/h7-12,16,23,28H,5-6,13-15H2,1-4H3/b24-22+. The van der Waals surface area contributed by atoms with E-state index in [1.807, 2.05) is 6.92 Å². The van der Waals surface area contributed by atoms with Crippen LogP contribution in [0.5, 0.6) is 17.2 Å². The number of methoxy groups -OCH3 is 3. The Balaban J connectivity index is 2.13. The summed E-state index contributed by atoms with van der Waals surface area (Å²) in [6, 6.07) is 11.1. The molecule has 0 radical (unpaired) electrons. The molecule has 0 aromatic heterocycles. The summed E-state index contributed by atoms with van der Waals surface area (Å²) in [5.74, 6) is -0.0326. The number of amides is 1. The van der Waals surface area contributed by atoms with Gasteiger partial charge in [0.1, 0.15) is 23.0 Å². The molecule has 1 saturated heterocycles. The molecule has 8 heteroatoms. The van der Waals surface area contributed by atoms with Crippen LogP contribution >= 0.6 is 0 Å². The molecule has 1 unspecified atom stereocenters. The minimum absolute atomic E-state index is 0.00352. The highest BCUT2D eigenvalue weighted by Crippen LogP contribution is 2.44. The van der Waals surface area contributed by atoms with E-state index in [9.17, 15) is 14.7 Å². The van der Waals surface area contributed by atoms with Crippen molar-refractivity contribution in [1.29, 1.82) is 0 Å². The molecule has 0 bridgehead atoms. The van der Waals surface area contributed by atoms with Crippen molar-refractivity contribution < 1.29 is 33.6 Å². The van der Waals surface area contributed by atoms with Crippen molar-refractivity contribution in [2.45, 2.75) is 25.8 Å². The first kappa shape index (κ1) is 25.1. The van der Waals surface area contributed by atoms with Gasteiger partial charge in [-0.25, -0.2) is 0 Å². The number of rotatable bonds is 11. The largest absolute Gasteiger partial charge is 0.507 e. The van der Waals surface area contributed by atoms with Gasteiger partial charge in [0, 0.05) is 31.4 Å². The first-order valence-electron chi connectivity index (χ1n) is 11.2. The van der Waals surface area contributed by atoms with Gasteiger partial charge < -0.3 is 29.0 Å². The maximum atomic E-state index is 13.2. The van der Waals surface area contributed by atoms with Gasteiger partial charge in [-0.2, -0.15) is 0 Å². The van der Waals surface area contributed by atoms with E-state index in [-0.39, 0.29) is 17.9 Å². The van der Waals surface area contributed by atoms with Crippen molar-refractivity contribution in [2.24, 2.45) is 0 Å². The number of ketones is 1. The number of nitrogens with zero attached hydrogens (tertiary/aromatic N) is 1. The lowest BCUT2D eigenvalue weighted by Crippen LogP contribution is -2.31. The summed E-state index contributed by atoms with van der Waals surface area (Å²) in [6.45, 7) is 3.28. The number of likely N-dealkylation sites (tertiary alicyclic amines) is 1. The van der Waals surface area contributed by atoms with Crippen molar-refractivity contribution in [3.05, 3.63) is 59.2 Å². The van der Waals surface area contributed by atoms with Gasteiger partial charge in [0.2, 0.25) is 0 Å². The fourth-order valence-electron chi connectivity index (χ4n) is 3.95. The number of carbonyl (C=O) groups is 2. The average molecular weight is 470 g/mol. The highest BCUT2D eigenvalue weighted by atomic mass is 16.5.